The molecule has 1 N–H and O–H groups in total. The van der Waals surface area contributed by atoms with E-state index in [1.165, 1.54) is 13.8 Å². The van der Waals surface area contributed by atoms with Gasteiger partial charge in [0, 0.05) is 11.3 Å². The van der Waals surface area contributed by atoms with Gasteiger partial charge in [-0.3, -0.25) is 9.59 Å². The highest BCUT2D eigenvalue weighted by atomic mass is 16.1. The summed E-state index contributed by atoms with van der Waals surface area (Å²) in [6.07, 6.45) is 3.45. The van der Waals surface area contributed by atoms with E-state index < -0.39 is 5.54 Å². The molecule has 0 spiro atoms. The monoisotopic (exact) mass is 193 g/mol. The molecule has 0 radical (unpaired) electrons. The summed E-state index contributed by atoms with van der Waals surface area (Å²) in [5.41, 5.74) is 0.740. The molecule has 3 heteroatoms. The summed E-state index contributed by atoms with van der Waals surface area (Å²) in [5, 5.41) is 3.05. The van der Waals surface area contributed by atoms with Crippen LogP contribution in [0, 0.1) is 0 Å². The maximum atomic E-state index is 11.3. The van der Waals surface area contributed by atoms with Crippen LogP contribution in [-0.2, 0) is 9.59 Å². The minimum absolute atomic E-state index is 0.0110. The fourth-order valence-electron chi connectivity index (χ4n) is 1.46. The van der Waals surface area contributed by atoms with Crippen LogP contribution < -0.4 is 5.32 Å². The van der Waals surface area contributed by atoms with Crippen molar-refractivity contribution in [3.05, 3.63) is 23.4 Å². The Balaban J connectivity index is 3.02. The molecule has 0 aromatic carbocycles. The molecule has 0 aromatic rings. The van der Waals surface area contributed by atoms with Gasteiger partial charge in [0.15, 0.2) is 11.6 Å². The zero-order chi connectivity index (χ0) is 10.9. The van der Waals surface area contributed by atoms with Crippen molar-refractivity contribution in [1.29, 1.82) is 0 Å². The van der Waals surface area contributed by atoms with E-state index in [1.54, 1.807) is 26.0 Å². The van der Waals surface area contributed by atoms with Crippen LogP contribution in [0.4, 0.5) is 0 Å². The molecule has 0 saturated heterocycles. The Kier molecular flexibility index (Phi) is 2.60. The highest BCUT2D eigenvalue weighted by molar-refractivity contribution is 5.98. The Morgan fingerprint density at radius 2 is 1.93 bits per heavy atom. The SMILES string of the molecule is CC(=O)C1=C(C)NC(C)(C(C)=O)C=C1. The average Bonchev–Trinajstić information content (AvgIpc) is 2.02. The van der Waals surface area contributed by atoms with Gasteiger partial charge in [-0.25, -0.2) is 0 Å². The highest BCUT2D eigenvalue weighted by Crippen LogP contribution is 2.19. The second kappa shape index (κ2) is 3.40. The molecule has 76 valence electrons. The van der Waals surface area contributed by atoms with Crippen molar-refractivity contribution in [3.8, 4) is 0 Å². The van der Waals surface area contributed by atoms with Crippen LogP contribution in [0.1, 0.15) is 27.7 Å². The predicted octanol–water partition coefficient (Wildman–Crippen LogP) is 1.36. The summed E-state index contributed by atoms with van der Waals surface area (Å²) >= 11 is 0. The Hall–Kier alpha value is -1.38. The molecule has 1 rings (SSSR count). The third kappa shape index (κ3) is 1.76. The average molecular weight is 193 g/mol. The lowest BCUT2D eigenvalue weighted by Crippen LogP contribution is -2.47. The summed E-state index contributed by atoms with van der Waals surface area (Å²) in [7, 11) is 0. The first kappa shape index (κ1) is 10.7. The van der Waals surface area contributed by atoms with Gasteiger partial charge >= 0.3 is 0 Å². The normalized spacial score (nSPS) is 26.0. The third-order valence-corrected chi connectivity index (χ3v) is 2.55. The number of nitrogens with one attached hydrogen (secondary N) is 1. The number of rotatable bonds is 2. The molecule has 1 aliphatic heterocycles. The van der Waals surface area contributed by atoms with E-state index in [-0.39, 0.29) is 11.6 Å². The van der Waals surface area contributed by atoms with Crippen LogP contribution in [0.2, 0.25) is 0 Å². The Labute approximate surface area is 83.9 Å². The van der Waals surface area contributed by atoms with E-state index in [1.807, 2.05) is 0 Å². The van der Waals surface area contributed by atoms with Crippen LogP contribution >= 0.6 is 0 Å². The first-order chi connectivity index (χ1) is 6.37. The Bertz CT molecular complexity index is 352. The first-order valence-electron chi connectivity index (χ1n) is 4.57. The summed E-state index contributed by atoms with van der Waals surface area (Å²) < 4.78 is 0. The minimum atomic E-state index is -0.664. The molecule has 1 heterocycles. The lowest BCUT2D eigenvalue weighted by molar-refractivity contribution is -0.121. The van der Waals surface area contributed by atoms with Gasteiger partial charge in [0.05, 0.1) is 0 Å². The number of Topliss-reactive ketones (excluding diaryl/α,β-unsaturated/α-hetero) is 2. The number of carbonyl (C=O) groups excluding carboxylic acids is 2. The molecule has 1 atom stereocenters. The van der Waals surface area contributed by atoms with Crippen molar-refractivity contribution >= 4 is 11.6 Å². The molecule has 1 aliphatic rings. The second-order valence-electron chi connectivity index (χ2n) is 3.81. The number of hydrogen-bond acceptors (Lipinski definition) is 3. The van der Waals surface area contributed by atoms with E-state index in [4.69, 9.17) is 0 Å². The van der Waals surface area contributed by atoms with Gasteiger partial charge in [-0.15, -0.1) is 0 Å². The van der Waals surface area contributed by atoms with Crippen molar-refractivity contribution in [3.63, 3.8) is 0 Å². The molecule has 0 amide bonds. The fraction of sp³-hybridized carbons (Fsp3) is 0.455. The summed E-state index contributed by atoms with van der Waals surface area (Å²) in [5.74, 6) is 0.0487. The number of carbonyl (C=O) groups is 2. The van der Waals surface area contributed by atoms with Gasteiger partial charge in [0.25, 0.3) is 0 Å². The van der Waals surface area contributed by atoms with Gasteiger partial charge in [0.2, 0.25) is 0 Å². The fourth-order valence-corrected chi connectivity index (χ4v) is 1.46. The van der Waals surface area contributed by atoms with Crippen LogP contribution in [0.25, 0.3) is 0 Å². The van der Waals surface area contributed by atoms with Crippen molar-refractivity contribution in [2.45, 2.75) is 33.2 Å². The number of dihydropyridines is 1. The molecule has 0 saturated carbocycles. The highest BCUT2D eigenvalue weighted by Gasteiger charge is 2.30. The largest absolute Gasteiger partial charge is 0.373 e. The van der Waals surface area contributed by atoms with Gasteiger partial charge in [-0.05, 0) is 27.7 Å². The quantitative estimate of drug-likeness (QED) is 0.720. The zero-order valence-corrected chi connectivity index (χ0v) is 8.97. The lowest BCUT2D eigenvalue weighted by Gasteiger charge is -2.30. The number of allylic oxidation sites excluding steroid dienone is 3. The van der Waals surface area contributed by atoms with Crippen molar-refractivity contribution in [2.24, 2.45) is 0 Å². The zero-order valence-electron chi connectivity index (χ0n) is 8.97. The maximum Gasteiger partial charge on any atom is 0.161 e. The summed E-state index contributed by atoms with van der Waals surface area (Å²) in [4.78, 5) is 22.5. The summed E-state index contributed by atoms with van der Waals surface area (Å²) in [6.45, 7) is 6.65. The predicted molar refractivity (Wildman–Crippen MR) is 54.7 cm³/mol. The van der Waals surface area contributed by atoms with Crippen LogP contribution in [0.3, 0.4) is 0 Å². The topological polar surface area (TPSA) is 46.2 Å². The molecule has 0 bridgehead atoms. The molecular weight excluding hydrogens is 178 g/mol. The van der Waals surface area contributed by atoms with Gasteiger partial charge in [-0.2, -0.15) is 0 Å². The lowest BCUT2D eigenvalue weighted by atomic mass is 9.91. The standard InChI is InChI=1S/C11H15NO2/c1-7-10(8(2)13)5-6-11(4,12-7)9(3)14/h5-6,12H,1-4H3. The third-order valence-electron chi connectivity index (χ3n) is 2.55. The second-order valence-corrected chi connectivity index (χ2v) is 3.81. The van der Waals surface area contributed by atoms with Crippen LogP contribution in [0.15, 0.2) is 23.4 Å². The Morgan fingerprint density at radius 1 is 1.36 bits per heavy atom. The van der Waals surface area contributed by atoms with E-state index in [0.29, 0.717) is 5.57 Å². The van der Waals surface area contributed by atoms with Crippen molar-refractivity contribution in [1.82, 2.24) is 5.32 Å². The number of ketones is 2. The van der Waals surface area contributed by atoms with Crippen LogP contribution in [0.5, 0.6) is 0 Å². The molecule has 0 aliphatic carbocycles. The van der Waals surface area contributed by atoms with Gasteiger partial charge in [0.1, 0.15) is 5.54 Å². The Morgan fingerprint density at radius 3 is 2.29 bits per heavy atom. The first-order valence-corrected chi connectivity index (χ1v) is 4.57. The number of hydrogen-bond donors (Lipinski definition) is 1. The van der Waals surface area contributed by atoms with E-state index in [2.05, 4.69) is 5.32 Å². The van der Waals surface area contributed by atoms with Gasteiger partial charge < -0.3 is 5.32 Å². The van der Waals surface area contributed by atoms with Gasteiger partial charge in [-0.1, -0.05) is 12.2 Å². The molecule has 14 heavy (non-hydrogen) atoms. The summed E-state index contributed by atoms with van der Waals surface area (Å²) in [6, 6.07) is 0. The molecule has 0 aromatic heterocycles. The van der Waals surface area contributed by atoms with E-state index >= 15 is 0 Å². The van der Waals surface area contributed by atoms with Crippen LogP contribution in [-0.4, -0.2) is 17.1 Å². The maximum absolute atomic E-state index is 11.3. The molecule has 3 nitrogen and oxygen atoms in total. The minimum Gasteiger partial charge on any atom is -0.373 e. The van der Waals surface area contributed by atoms with E-state index in [9.17, 15) is 9.59 Å². The van der Waals surface area contributed by atoms with Crippen molar-refractivity contribution < 1.29 is 9.59 Å². The molecular formula is C11H15NO2. The molecule has 0 fully saturated rings. The van der Waals surface area contributed by atoms with E-state index in [0.717, 1.165) is 5.70 Å². The molecule has 1 unspecified atom stereocenters. The van der Waals surface area contributed by atoms with Crippen molar-refractivity contribution in [2.75, 3.05) is 0 Å². The smallest absolute Gasteiger partial charge is 0.161 e.